The van der Waals surface area contributed by atoms with E-state index in [1.165, 1.54) is 4.88 Å². The van der Waals surface area contributed by atoms with Gasteiger partial charge in [-0.3, -0.25) is 14.5 Å². The smallest absolute Gasteiger partial charge is 0.241 e. The van der Waals surface area contributed by atoms with Crippen LogP contribution in [-0.2, 0) is 22.6 Å². The summed E-state index contributed by atoms with van der Waals surface area (Å²) in [6.45, 7) is 4.59. The summed E-state index contributed by atoms with van der Waals surface area (Å²) in [4.78, 5) is 28.8. The minimum Gasteiger partial charge on any atom is -0.489 e. The minimum atomic E-state index is -0.258. The van der Waals surface area contributed by atoms with Crippen LogP contribution in [0, 0.1) is 5.92 Å². The highest BCUT2D eigenvalue weighted by molar-refractivity contribution is 7.09. The SMILES string of the molecule is CC(C(=O)Nc1ccc(OCc2ccccc2)cc1)N1CCC(C(=O)NCCc2cccs2)CC1. The predicted molar refractivity (Wildman–Crippen MR) is 141 cm³/mol. The zero-order valence-electron chi connectivity index (χ0n) is 20.1. The van der Waals surface area contributed by atoms with Gasteiger partial charge in [-0.15, -0.1) is 11.3 Å². The van der Waals surface area contributed by atoms with Gasteiger partial charge in [-0.05, 0) is 80.6 Å². The number of hydrogen-bond acceptors (Lipinski definition) is 5. The van der Waals surface area contributed by atoms with Crippen LogP contribution >= 0.6 is 11.3 Å². The van der Waals surface area contributed by atoms with Crippen LogP contribution < -0.4 is 15.4 Å². The van der Waals surface area contributed by atoms with Gasteiger partial charge >= 0.3 is 0 Å². The summed E-state index contributed by atoms with van der Waals surface area (Å²) in [7, 11) is 0. The van der Waals surface area contributed by atoms with Crippen molar-refractivity contribution in [3.05, 3.63) is 82.6 Å². The highest BCUT2D eigenvalue weighted by Gasteiger charge is 2.29. The zero-order chi connectivity index (χ0) is 24.5. The van der Waals surface area contributed by atoms with Gasteiger partial charge in [0.1, 0.15) is 12.4 Å². The Hall–Kier alpha value is -3.16. The highest BCUT2D eigenvalue weighted by Crippen LogP contribution is 2.21. The lowest BCUT2D eigenvalue weighted by molar-refractivity contribution is -0.127. The van der Waals surface area contributed by atoms with Crippen LogP contribution in [-0.4, -0.2) is 42.4 Å². The summed E-state index contributed by atoms with van der Waals surface area (Å²) in [5.41, 5.74) is 1.85. The summed E-state index contributed by atoms with van der Waals surface area (Å²) in [6, 6.07) is 21.3. The average Bonchev–Trinajstić information content (AvgIpc) is 3.42. The van der Waals surface area contributed by atoms with Crippen LogP contribution in [0.5, 0.6) is 5.75 Å². The van der Waals surface area contributed by atoms with Gasteiger partial charge in [0.25, 0.3) is 0 Å². The molecule has 7 heteroatoms. The fourth-order valence-corrected chi connectivity index (χ4v) is 4.95. The Morgan fingerprint density at radius 3 is 2.46 bits per heavy atom. The molecule has 2 N–H and O–H groups in total. The Morgan fingerprint density at radius 2 is 1.77 bits per heavy atom. The number of amides is 2. The first-order valence-corrected chi connectivity index (χ1v) is 13.1. The molecule has 2 aromatic carbocycles. The first-order chi connectivity index (χ1) is 17.1. The number of hydrogen-bond donors (Lipinski definition) is 2. The van der Waals surface area contributed by atoms with Crippen molar-refractivity contribution in [2.45, 2.75) is 38.8 Å². The lowest BCUT2D eigenvalue weighted by atomic mass is 9.95. The summed E-state index contributed by atoms with van der Waals surface area (Å²) in [5.74, 6) is 0.874. The van der Waals surface area contributed by atoms with E-state index in [-0.39, 0.29) is 23.8 Å². The number of piperidine rings is 1. The molecule has 3 aromatic rings. The van der Waals surface area contributed by atoms with Gasteiger partial charge in [0, 0.05) is 23.0 Å². The van der Waals surface area contributed by atoms with Gasteiger partial charge in [0.15, 0.2) is 0 Å². The maximum Gasteiger partial charge on any atom is 0.241 e. The molecule has 0 spiro atoms. The van der Waals surface area contributed by atoms with Gasteiger partial charge in [-0.2, -0.15) is 0 Å². The van der Waals surface area contributed by atoms with Crippen molar-refractivity contribution >= 4 is 28.8 Å². The van der Waals surface area contributed by atoms with E-state index in [2.05, 4.69) is 27.0 Å². The van der Waals surface area contributed by atoms with Crippen molar-refractivity contribution in [3.8, 4) is 5.75 Å². The van der Waals surface area contributed by atoms with Crippen molar-refractivity contribution in [1.82, 2.24) is 10.2 Å². The third-order valence-corrected chi connectivity index (χ3v) is 7.38. The second-order valence-electron chi connectivity index (χ2n) is 8.89. The maximum absolute atomic E-state index is 12.8. The average molecular weight is 492 g/mol. The number of nitrogens with zero attached hydrogens (tertiary/aromatic N) is 1. The predicted octanol–water partition coefficient (Wildman–Crippen LogP) is 4.73. The molecule has 35 heavy (non-hydrogen) atoms. The normalized spacial score (nSPS) is 15.3. The monoisotopic (exact) mass is 491 g/mol. The number of carbonyl (C=O) groups excluding carboxylic acids is 2. The molecule has 1 aromatic heterocycles. The fraction of sp³-hybridized carbons (Fsp3) is 0.357. The van der Waals surface area contributed by atoms with Gasteiger partial charge in [-0.25, -0.2) is 0 Å². The molecule has 6 nitrogen and oxygen atoms in total. The molecule has 1 atom stereocenters. The number of carbonyl (C=O) groups is 2. The van der Waals surface area contributed by atoms with E-state index in [1.54, 1.807) is 11.3 Å². The topological polar surface area (TPSA) is 70.7 Å². The van der Waals surface area contributed by atoms with Crippen LogP contribution in [0.4, 0.5) is 5.69 Å². The first kappa shape index (κ1) is 24.9. The van der Waals surface area contributed by atoms with Crippen molar-refractivity contribution in [2.75, 3.05) is 25.0 Å². The molecular formula is C28H33N3O3S. The van der Waals surface area contributed by atoms with E-state index in [0.717, 1.165) is 49.4 Å². The zero-order valence-corrected chi connectivity index (χ0v) is 20.9. The Labute approximate surface area is 211 Å². The molecule has 0 aliphatic carbocycles. The lowest BCUT2D eigenvalue weighted by Crippen LogP contribution is -2.48. The molecule has 0 radical (unpaired) electrons. The van der Waals surface area contributed by atoms with Gasteiger partial charge in [0.05, 0.1) is 6.04 Å². The van der Waals surface area contributed by atoms with Gasteiger partial charge < -0.3 is 15.4 Å². The molecule has 0 saturated carbocycles. The number of anilines is 1. The number of ether oxygens (including phenoxy) is 1. The van der Waals surface area contributed by atoms with E-state index < -0.39 is 0 Å². The lowest BCUT2D eigenvalue weighted by Gasteiger charge is -2.34. The third kappa shape index (κ3) is 7.41. The number of likely N-dealkylation sites (tertiary alicyclic amines) is 1. The van der Waals surface area contributed by atoms with Crippen LogP contribution in [0.2, 0.25) is 0 Å². The molecule has 2 amide bonds. The number of thiophene rings is 1. The fourth-order valence-electron chi connectivity index (χ4n) is 4.24. The molecule has 4 rings (SSSR count). The Balaban J connectivity index is 1.17. The largest absolute Gasteiger partial charge is 0.489 e. The second-order valence-corrected chi connectivity index (χ2v) is 9.93. The Bertz CT molecular complexity index is 1060. The standard InChI is InChI=1S/C28H33N3O3S/c1-21(31-17-14-23(15-18-31)28(33)29-16-13-26-8-5-19-35-26)27(32)30-24-9-11-25(12-10-24)34-20-22-6-3-2-4-7-22/h2-12,19,21,23H,13-18,20H2,1H3,(H,29,33)(H,30,32). The van der Waals surface area contributed by atoms with Crippen LogP contribution in [0.15, 0.2) is 72.1 Å². The number of benzene rings is 2. The summed E-state index contributed by atoms with van der Waals surface area (Å²) in [6.07, 6.45) is 2.42. The molecule has 1 saturated heterocycles. The van der Waals surface area contributed by atoms with Crippen LogP contribution in [0.1, 0.15) is 30.2 Å². The Morgan fingerprint density at radius 1 is 1.03 bits per heavy atom. The van der Waals surface area contributed by atoms with E-state index in [4.69, 9.17) is 4.74 Å². The van der Waals surface area contributed by atoms with Crippen molar-refractivity contribution in [2.24, 2.45) is 5.92 Å². The van der Waals surface area contributed by atoms with Crippen molar-refractivity contribution in [3.63, 3.8) is 0 Å². The molecule has 1 aliphatic rings. The van der Waals surface area contributed by atoms with Crippen LogP contribution in [0.25, 0.3) is 0 Å². The number of nitrogens with one attached hydrogen (secondary N) is 2. The quantitative estimate of drug-likeness (QED) is 0.430. The number of rotatable bonds is 10. The minimum absolute atomic E-state index is 0.0216. The maximum atomic E-state index is 12.8. The van der Waals surface area contributed by atoms with E-state index >= 15 is 0 Å². The van der Waals surface area contributed by atoms with Crippen molar-refractivity contribution in [1.29, 1.82) is 0 Å². The van der Waals surface area contributed by atoms with E-state index in [9.17, 15) is 9.59 Å². The second kappa shape index (κ2) is 12.5. The first-order valence-electron chi connectivity index (χ1n) is 12.2. The summed E-state index contributed by atoms with van der Waals surface area (Å²) in [5, 5.41) is 8.13. The van der Waals surface area contributed by atoms with Gasteiger partial charge in [-0.1, -0.05) is 36.4 Å². The Kier molecular flexibility index (Phi) is 8.92. The van der Waals surface area contributed by atoms with E-state index in [0.29, 0.717) is 13.2 Å². The molecule has 0 bridgehead atoms. The summed E-state index contributed by atoms with van der Waals surface area (Å²) >= 11 is 1.72. The van der Waals surface area contributed by atoms with Gasteiger partial charge in [0.2, 0.25) is 11.8 Å². The molecule has 1 unspecified atom stereocenters. The molecular weight excluding hydrogens is 458 g/mol. The molecule has 1 aliphatic heterocycles. The molecule has 1 fully saturated rings. The van der Waals surface area contributed by atoms with E-state index in [1.807, 2.05) is 67.6 Å². The molecule has 184 valence electrons. The van der Waals surface area contributed by atoms with Crippen LogP contribution in [0.3, 0.4) is 0 Å². The van der Waals surface area contributed by atoms with Crippen molar-refractivity contribution < 1.29 is 14.3 Å². The third-order valence-electron chi connectivity index (χ3n) is 6.45. The summed E-state index contributed by atoms with van der Waals surface area (Å²) < 4.78 is 5.81. The highest BCUT2D eigenvalue weighted by atomic mass is 32.1. The molecule has 2 heterocycles.